The van der Waals surface area contributed by atoms with Crippen LogP contribution in [0.4, 0.5) is 0 Å². The summed E-state index contributed by atoms with van der Waals surface area (Å²) in [7, 11) is 0. The molecular formula is C20H40N2O. The van der Waals surface area contributed by atoms with Crippen LogP contribution in [0.5, 0.6) is 0 Å². The number of carbonyl (C=O) groups excluding carboxylic acids is 1. The molecule has 3 nitrogen and oxygen atoms in total. The molecule has 1 heterocycles. The Morgan fingerprint density at radius 2 is 1.48 bits per heavy atom. The normalized spacial score (nSPS) is 19.1. The molecule has 1 aliphatic rings. The molecule has 0 saturated carbocycles. The van der Waals surface area contributed by atoms with E-state index in [2.05, 4.69) is 17.1 Å². The van der Waals surface area contributed by atoms with Crippen LogP contribution < -0.4 is 5.32 Å². The predicted octanol–water partition coefficient (Wildman–Crippen LogP) is 4.55. The van der Waals surface area contributed by atoms with Crippen LogP contribution in [0.1, 0.15) is 90.4 Å². The number of hydrogen-bond donors (Lipinski definition) is 1. The number of carbonyl (C=O) groups is 1. The molecule has 1 saturated heterocycles. The number of rotatable bonds is 15. The maximum Gasteiger partial charge on any atom is 0.121 e. The Labute approximate surface area is 144 Å². The summed E-state index contributed by atoms with van der Waals surface area (Å²) in [5.41, 5.74) is 0. The fraction of sp³-hybridized carbons (Fsp3) is 0.950. The zero-order chi connectivity index (χ0) is 16.6. The quantitative estimate of drug-likeness (QED) is 0.354. The van der Waals surface area contributed by atoms with Gasteiger partial charge < -0.3 is 10.1 Å². The van der Waals surface area contributed by atoms with Crippen molar-refractivity contribution in [1.29, 1.82) is 0 Å². The highest BCUT2D eigenvalue weighted by molar-refractivity contribution is 5.50. The van der Waals surface area contributed by atoms with Crippen LogP contribution in [0.25, 0.3) is 0 Å². The van der Waals surface area contributed by atoms with Gasteiger partial charge in [0.1, 0.15) is 6.29 Å². The predicted molar refractivity (Wildman–Crippen MR) is 100.0 cm³/mol. The molecule has 0 bridgehead atoms. The van der Waals surface area contributed by atoms with Gasteiger partial charge in [0.15, 0.2) is 0 Å². The summed E-state index contributed by atoms with van der Waals surface area (Å²) in [5, 5.41) is 3.40. The van der Waals surface area contributed by atoms with Gasteiger partial charge in [-0.2, -0.15) is 0 Å². The minimum absolute atomic E-state index is 0.439. The molecule has 0 spiro atoms. The molecule has 1 aliphatic heterocycles. The molecule has 23 heavy (non-hydrogen) atoms. The Kier molecular flexibility index (Phi) is 13.6. The largest absolute Gasteiger partial charge is 0.314 e. The second-order valence-electron chi connectivity index (χ2n) is 7.19. The van der Waals surface area contributed by atoms with Gasteiger partial charge in [0.2, 0.25) is 0 Å². The van der Waals surface area contributed by atoms with Crippen LogP contribution in [-0.2, 0) is 4.79 Å². The summed E-state index contributed by atoms with van der Waals surface area (Å²) >= 11 is 0. The van der Waals surface area contributed by atoms with Crippen molar-refractivity contribution in [3.63, 3.8) is 0 Å². The van der Waals surface area contributed by atoms with E-state index in [1.54, 1.807) is 0 Å². The molecule has 0 aromatic rings. The van der Waals surface area contributed by atoms with Gasteiger partial charge in [0.25, 0.3) is 0 Å². The highest BCUT2D eigenvalue weighted by Crippen LogP contribution is 2.13. The van der Waals surface area contributed by atoms with Crippen LogP contribution in [0.15, 0.2) is 0 Å². The van der Waals surface area contributed by atoms with Crippen molar-refractivity contribution in [3.05, 3.63) is 0 Å². The van der Waals surface area contributed by atoms with Gasteiger partial charge in [0.05, 0.1) is 0 Å². The van der Waals surface area contributed by atoms with Crippen LogP contribution in [0, 0.1) is 0 Å². The van der Waals surface area contributed by atoms with Crippen molar-refractivity contribution in [2.24, 2.45) is 0 Å². The van der Waals surface area contributed by atoms with Gasteiger partial charge in [-0.25, -0.2) is 0 Å². The maximum atomic E-state index is 10.7. The van der Waals surface area contributed by atoms with Crippen molar-refractivity contribution >= 4 is 6.29 Å². The van der Waals surface area contributed by atoms with Gasteiger partial charge in [-0.3, -0.25) is 4.90 Å². The molecule has 3 heteroatoms. The summed E-state index contributed by atoms with van der Waals surface area (Å²) in [6.45, 7) is 6.63. The number of unbranched alkanes of at least 4 members (excludes halogenated alkanes) is 11. The number of hydrogen-bond acceptors (Lipinski definition) is 3. The molecule has 136 valence electrons. The van der Waals surface area contributed by atoms with E-state index in [-0.39, 0.29) is 0 Å². The number of aldehydes is 1. The van der Waals surface area contributed by atoms with E-state index in [0.29, 0.717) is 12.5 Å². The average molecular weight is 325 g/mol. The molecule has 1 atom stereocenters. The van der Waals surface area contributed by atoms with Crippen LogP contribution in [-0.4, -0.2) is 43.4 Å². The number of nitrogens with zero attached hydrogens (tertiary/aromatic N) is 1. The van der Waals surface area contributed by atoms with E-state index in [0.717, 1.165) is 25.9 Å². The van der Waals surface area contributed by atoms with E-state index in [9.17, 15) is 4.79 Å². The summed E-state index contributed by atoms with van der Waals surface area (Å²) < 4.78 is 0. The van der Waals surface area contributed by atoms with Gasteiger partial charge in [-0.1, -0.05) is 77.6 Å². The second-order valence-corrected chi connectivity index (χ2v) is 7.19. The first kappa shape index (κ1) is 20.6. The lowest BCUT2D eigenvalue weighted by atomic mass is 10.0. The second kappa shape index (κ2) is 15.1. The lowest BCUT2D eigenvalue weighted by Crippen LogP contribution is -2.51. The van der Waals surface area contributed by atoms with Gasteiger partial charge in [0, 0.05) is 32.1 Å². The van der Waals surface area contributed by atoms with Crippen LogP contribution >= 0.6 is 0 Å². The van der Waals surface area contributed by atoms with Crippen molar-refractivity contribution in [1.82, 2.24) is 10.2 Å². The van der Waals surface area contributed by atoms with Crippen LogP contribution in [0.2, 0.25) is 0 Å². The Balaban J connectivity index is 1.86. The van der Waals surface area contributed by atoms with E-state index in [1.165, 1.54) is 83.6 Å². The Morgan fingerprint density at radius 3 is 2.04 bits per heavy atom. The van der Waals surface area contributed by atoms with E-state index in [1.807, 2.05) is 0 Å². The average Bonchev–Trinajstić information content (AvgIpc) is 2.57. The smallest absolute Gasteiger partial charge is 0.121 e. The first-order valence-corrected chi connectivity index (χ1v) is 10.3. The highest BCUT2D eigenvalue weighted by Gasteiger charge is 2.20. The fourth-order valence-electron chi connectivity index (χ4n) is 3.60. The van der Waals surface area contributed by atoms with Crippen molar-refractivity contribution < 1.29 is 4.79 Å². The molecule has 0 aromatic heterocycles. The Bertz CT molecular complexity index is 270. The Hall–Kier alpha value is -0.410. The number of piperazine rings is 1. The number of nitrogens with one attached hydrogen (secondary N) is 1. The topological polar surface area (TPSA) is 32.3 Å². The molecule has 0 radical (unpaired) electrons. The maximum absolute atomic E-state index is 10.7. The van der Waals surface area contributed by atoms with E-state index in [4.69, 9.17) is 0 Å². The third kappa shape index (κ3) is 10.9. The Morgan fingerprint density at radius 1 is 0.913 bits per heavy atom. The zero-order valence-corrected chi connectivity index (χ0v) is 15.5. The minimum Gasteiger partial charge on any atom is -0.314 e. The molecule has 1 unspecified atom stereocenters. The molecule has 1 rings (SSSR count). The minimum atomic E-state index is 0.439. The van der Waals surface area contributed by atoms with Crippen molar-refractivity contribution in [2.45, 2.75) is 96.4 Å². The SMILES string of the molecule is CCCCCCCCCCCCCCN1CCNCC1CC=O. The molecule has 1 fully saturated rings. The summed E-state index contributed by atoms with van der Waals surface area (Å²) in [6, 6.07) is 0.439. The van der Waals surface area contributed by atoms with Gasteiger partial charge >= 0.3 is 0 Å². The van der Waals surface area contributed by atoms with Crippen molar-refractivity contribution in [3.8, 4) is 0 Å². The summed E-state index contributed by atoms with van der Waals surface area (Å²) in [5.74, 6) is 0. The highest BCUT2D eigenvalue weighted by atomic mass is 16.1. The molecule has 0 amide bonds. The molecule has 1 N–H and O–H groups in total. The standard InChI is InChI=1S/C20H40N2O/c1-2-3-4-5-6-7-8-9-10-11-12-13-16-22-17-15-21-19-20(22)14-18-23/h18,20-21H,2-17,19H2,1H3. The summed E-state index contributed by atoms with van der Waals surface area (Å²) in [4.78, 5) is 13.3. The first-order valence-electron chi connectivity index (χ1n) is 10.3. The lowest BCUT2D eigenvalue weighted by Gasteiger charge is -2.35. The third-order valence-electron chi connectivity index (χ3n) is 5.14. The fourth-order valence-corrected chi connectivity index (χ4v) is 3.60. The summed E-state index contributed by atoms with van der Waals surface area (Å²) in [6.07, 6.45) is 18.6. The first-order chi connectivity index (χ1) is 11.4. The molecule has 0 aliphatic carbocycles. The van der Waals surface area contributed by atoms with E-state index < -0.39 is 0 Å². The zero-order valence-electron chi connectivity index (χ0n) is 15.5. The molecule has 0 aromatic carbocycles. The van der Waals surface area contributed by atoms with Gasteiger partial charge in [-0.05, 0) is 13.0 Å². The third-order valence-corrected chi connectivity index (χ3v) is 5.14. The monoisotopic (exact) mass is 324 g/mol. The van der Waals surface area contributed by atoms with Gasteiger partial charge in [-0.15, -0.1) is 0 Å². The molecular weight excluding hydrogens is 284 g/mol. The van der Waals surface area contributed by atoms with Crippen LogP contribution in [0.3, 0.4) is 0 Å². The van der Waals surface area contributed by atoms with Crippen molar-refractivity contribution in [2.75, 3.05) is 26.2 Å². The van der Waals surface area contributed by atoms with E-state index >= 15 is 0 Å². The lowest BCUT2D eigenvalue weighted by molar-refractivity contribution is -0.109.